The van der Waals surface area contributed by atoms with Gasteiger partial charge in [-0.3, -0.25) is 4.79 Å². The van der Waals surface area contributed by atoms with E-state index in [0.717, 1.165) is 15.6 Å². The number of thiophene rings is 1. The van der Waals surface area contributed by atoms with Crippen molar-refractivity contribution in [1.82, 2.24) is 10.3 Å². The molecule has 2 rings (SSSR count). The van der Waals surface area contributed by atoms with E-state index in [-0.39, 0.29) is 5.91 Å². The summed E-state index contributed by atoms with van der Waals surface area (Å²) in [6.45, 7) is 0.578. The third kappa shape index (κ3) is 3.25. The van der Waals surface area contributed by atoms with Gasteiger partial charge in [-0.1, -0.05) is 11.6 Å². The number of halogens is 1. The van der Waals surface area contributed by atoms with E-state index >= 15 is 0 Å². The number of rotatable bonds is 4. The number of H-pyrrole nitrogens is 1. The Kier molecular flexibility index (Phi) is 3.71. The van der Waals surface area contributed by atoms with Crippen molar-refractivity contribution in [3.63, 3.8) is 0 Å². The Bertz CT molecular complexity index is 520. The van der Waals surface area contributed by atoms with Gasteiger partial charge in [-0.25, -0.2) is 0 Å². The minimum Gasteiger partial charge on any atom is -0.397 e. The topological polar surface area (TPSA) is 70.9 Å². The Morgan fingerprint density at radius 3 is 2.94 bits per heavy atom. The van der Waals surface area contributed by atoms with Crippen LogP contribution >= 0.6 is 22.9 Å². The molecule has 0 unspecified atom stereocenters. The average Bonchev–Trinajstić information content (AvgIpc) is 2.88. The number of hydrogen-bond acceptors (Lipinski definition) is 3. The van der Waals surface area contributed by atoms with Crippen LogP contribution in [0.3, 0.4) is 0 Å². The molecule has 0 bridgehead atoms. The van der Waals surface area contributed by atoms with Crippen LogP contribution in [-0.2, 0) is 6.42 Å². The first-order valence-electron chi connectivity index (χ1n) is 5.11. The predicted octanol–water partition coefficient (Wildman–Crippen LogP) is 2.28. The Balaban J connectivity index is 1.81. The van der Waals surface area contributed by atoms with E-state index in [2.05, 4.69) is 10.3 Å². The maximum atomic E-state index is 11.6. The minimum absolute atomic E-state index is 0.149. The molecule has 0 saturated carbocycles. The standard InChI is InChI=1S/C11H12ClN3OS/c12-10-2-1-8(17-10)3-4-14-11(16)9-5-7(13)6-15-9/h1-2,5-6,15H,3-4,13H2,(H,14,16). The first-order valence-corrected chi connectivity index (χ1v) is 6.31. The summed E-state index contributed by atoms with van der Waals surface area (Å²) in [6, 6.07) is 5.43. The Morgan fingerprint density at radius 2 is 2.35 bits per heavy atom. The summed E-state index contributed by atoms with van der Waals surface area (Å²) in [5, 5.41) is 2.81. The molecule has 0 saturated heterocycles. The summed E-state index contributed by atoms with van der Waals surface area (Å²) in [6.07, 6.45) is 2.37. The number of aromatic nitrogens is 1. The van der Waals surface area contributed by atoms with Gasteiger partial charge in [0, 0.05) is 23.3 Å². The third-order valence-corrected chi connectivity index (χ3v) is 3.53. The molecule has 17 heavy (non-hydrogen) atoms. The highest BCUT2D eigenvalue weighted by Crippen LogP contribution is 2.21. The smallest absolute Gasteiger partial charge is 0.267 e. The SMILES string of the molecule is Nc1c[nH]c(C(=O)NCCc2ccc(Cl)s2)c1. The molecule has 4 N–H and O–H groups in total. The van der Waals surface area contributed by atoms with Crippen LogP contribution in [0.4, 0.5) is 5.69 Å². The molecule has 0 radical (unpaired) electrons. The largest absolute Gasteiger partial charge is 0.397 e. The molecular formula is C11H12ClN3OS. The minimum atomic E-state index is -0.149. The number of carbonyl (C=O) groups is 1. The van der Waals surface area contributed by atoms with E-state index < -0.39 is 0 Å². The van der Waals surface area contributed by atoms with E-state index in [1.54, 1.807) is 12.3 Å². The van der Waals surface area contributed by atoms with Gasteiger partial charge in [0.25, 0.3) is 5.91 Å². The molecule has 2 aromatic rings. The van der Waals surface area contributed by atoms with Crippen LogP contribution in [0.25, 0.3) is 0 Å². The van der Waals surface area contributed by atoms with Crippen LogP contribution in [0, 0.1) is 0 Å². The van der Waals surface area contributed by atoms with Gasteiger partial charge in [0.15, 0.2) is 0 Å². The molecule has 2 heterocycles. The Hall–Kier alpha value is -1.46. The highest BCUT2D eigenvalue weighted by Gasteiger charge is 2.07. The van der Waals surface area contributed by atoms with E-state index in [4.69, 9.17) is 17.3 Å². The number of carbonyl (C=O) groups excluding carboxylic acids is 1. The Morgan fingerprint density at radius 1 is 1.53 bits per heavy atom. The number of nitrogens with one attached hydrogen (secondary N) is 2. The molecule has 0 aromatic carbocycles. The van der Waals surface area contributed by atoms with Gasteiger partial charge < -0.3 is 16.0 Å². The van der Waals surface area contributed by atoms with E-state index in [1.807, 2.05) is 12.1 Å². The molecule has 6 heteroatoms. The van der Waals surface area contributed by atoms with Gasteiger partial charge >= 0.3 is 0 Å². The molecule has 4 nitrogen and oxygen atoms in total. The van der Waals surface area contributed by atoms with Crippen LogP contribution in [0.5, 0.6) is 0 Å². The molecule has 1 amide bonds. The van der Waals surface area contributed by atoms with Crippen LogP contribution in [0.2, 0.25) is 4.34 Å². The van der Waals surface area contributed by atoms with Crippen LogP contribution in [0.1, 0.15) is 15.4 Å². The zero-order valence-corrected chi connectivity index (χ0v) is 10.6. The fourth-order valence-corrected chi connectivity index (χ4v) is 2.51. The van der Waals surface area contributed by atoms with Crippen molar-refractivity contribution < 1.29 is 4.79 Å². The molecule has 0 aliphatic carbocycles. The van der Waals surface area contributed by atoms with Crippen molar-refractivity contribution >= 4 is 34.5 Å². The summed E-state index contributed by atoms with van der Waals surface area (Å²) in [5.41, 5.74) is 6.55. The third-order valence-electron chi connectivity index (χ3n) is 2.24. The van der Waals surface area contributed by atoms with Gasteiger partial charge in [-0.15, -0.1) is 11.3 Å². The van der Waals surface area contributed by atoms with Crippen LogP contribution in [-0.4, -0.2) is 17.4 Å². The van der Waals surface area contributed by atoms with Gasteiger partial charge in [0.05, 0.1) is 4.34 Å². The number of aromatic amines is 1. The molecule has 0 fully saturated rings. The van der Waals surface area contributed by atoms with Gasteiger partial charge in [0.1, 0.15) is 5.69 Å². The Labute approximate surface area is 108 Å². The number of amides is 1. The number of hydrogen-bond donors (Lipinski definition) is 3. The lowest BCUT2D eigenvalue weighted by Crippen LogP contribution is -2.25. The van der Waals surface area contributed by atoms with Gasteiger partial charge in [0.2, 0.25) is 0 Å². The quantitative estimate of drug-likeness (QED) is 0.797. The first-order chi connectivity index (χ1) is 8.15. The lowest BCUT2D eigenvalue weighted by atomic mass is 10.3. The average molecular weight is 270 g/mol. The maximum Gasteiger partial charge on any atom is 0.267 e. The summed E-state index contributed by atoms with van der Waals surface area (Å²) in [4.78, 5) is 15.6. The number of nitrogen functional groups attached to an aromatic ring is 1. The predicted molar refractivity (Wildman–Crippen MR) is 70.6 cm³/mol. The van der Waals surface area contributed by atoms with Crippen molar-refractivity contribution in [3.05, 3.63) is 39.3 Å². The normalized spacial score (nSPS) is 10.4. The highest BCUT2D eigenvalue weighted by molar-refractivity contribution is 7.16. The first kappa shape index (κ1) is 12.0. The molecule has 90 valence electrons. The summed E-state index contributed by atoms with van der Waals surface area (Å²) < 4.78 is 0.767. The molecule has 0 aliphatic heterocycles. The fourth-order valence-electron chi connectivity index (χ4n) is 1.42. The van der Waals surface area contributed by atoms with Crippen molar-refractivity contribution in [3.8, 4) is 0 Å². The highest BCUT2D eigenvalue weighted by atomic mass is 35.5. The summed E-state index contributed by atoms with van der Waals surface area (Å²) >= 11 is 7.34. The zero-order chi connectivity index (χ0) is 12.3. The van der Waals surface area contributed by atoms with E-state index in [0.29, 0.717) is 17.9 Å². The second-order valence-corrected chi connectivity index (χ2v) is 5.36. The maximum absolute atomic E-state index is 11.6. The zero-order valence-electron chi connectivity index (χ0n) is 9.00. The second kappa shape index (κ2) is 5.25. The number of anilines is 1. The van der Waals surface area contributed by atoms with Crippen LogP contribution in [0.15, 0.2) is 24.4 Å². The van der Waals surface area contributed by atoms with Crippen molar-refractivity contribution in [2.24, 2.45) is 0 Å². The van der Waals surface area contributed by atoms with Crippen molar-refractivity contribution in [1.29, 1.82) is 0 Å². The molecule has 2 aromatic heterocycles. The lowest BCUT2D eigenvalue weighted by Gasteiger charge is -2.01. The summed E-state index contributed by atoms with van der Waals surface area (Å²) in [7, 11) is 0. The number of nitrogens with two attached hydrogens (primary N) is 1. The van der Waals surface area contributed by atoms with Gasteiger partial charge in [-0.2, -0.15) is 0 Å². The fraction of sp³-hybridized carbons (Fsp3) is 0.182. The van der Waals surface area contributed by atoms with Crippen LogP contribution < -0.4 is 11.1 Å². The molecule has 0 spiro atoms. The monoisotopic (exact) mass is 269 g/mol. The lowest BCUT2D eigenvalue weighted by molar-refractivity contribution is 0.0950. The summed E-state index contributed by atoms with van der Waals surface area (Å²) in [5.74, 6) is -0.149. The molecule has 0 aliphatic rings. The van der Waals surface area contributed by atoms with Crippen molar-refractivity contribution in [2.75, 3.05) is 12.3 Å². The van der Waals surface area contributed by atoms with Gasteiger partial charge in [-0.05, 0) is 24.6 Å². The van der Waals surface area contributed by atoms with Crippen molar-refractivity contribution in [2.45, 2.75) is 6.42 Å². The van der Waals surface area contributed by atoms with E-state index in [9.17, 15) is 4.79 Å². The molecular weight excluding hydrogens is 258 g/mol. The molecule has 0 atom stereocenters. The second-order valence-electron chi connectivity index (χ2n) is 3.56. The van der Waals surface area contributed by atoms with E-state index in [1.165, 1.54) is 11.3 Å².